The molecule has 2 heterocycles. The Balaban J connectivity index is 1.94. The summed E-state index contributed by atoms with van der Waals surface area (Å²) < 4.78 is 38.1. The van der Waals surface area contributed by atoms with Crippen LogP contribution in [0.3, 0.4) is 0 Å². The smallest absolute Gasteiger partial charge is 0.339 e. The van der Waals surface area contributed by atoms with E-state index in [0.29, 0.717) is 35.5 Å². The molecular formula is C26H29N3O5S. The average molecular weight is 496 g/mol. The number of anilines is 1. The minimum atomic E-state index is -4.11. The molecule has 0 amide bonds. The number of carbonyl (C=O) groups is 1. The number of ether oxygens (including phenoxy) is 2. The predicted octanol–water partition coefficient (Wildman–Crippen LogP) is 3.48. The van der Waals surface area contributed by atoms with Crippen molar-refractivity contribution < 1.29 is 22.7 Å². The molecule has 2 N–H and O–H groups in total. The number of hydrogen-bond donors (Lipinski definition) is 1. The van der Waals surface area contributed by atoms with Crippen LogP contribution in [0.2, 0.25) is 0 Å². The second kappa shape index (κ2) is 10.5. The van der Waals surface area contributed by atoms with Gasteiger partial charge in [0.1, 0.15) is 5.75 Å². The molecule has 3 aromatic rings. The van der Waals surface area contributed by atoms with Crippen molar-refractivity contribution in [1.82, 2.24) is 9.88 Å². The number of rotatable bonds is 8. The number of sulfone groups is 1. The van der Waals surface area contributed by atoms with Crippen molar-refractivity contribution in [3.63, 3.8) is 0 Å². The highest BCUT2D eigenvalue weighted by molar-refractivity contribution is 7.91. The molecule has 1 saturated heterocycles. The lowest BCUT2D eigenvalue weighted by Gasteiger charge is -2.23. The van der Waals surface area contributed by atoms with Crippen LogP contribution in [0.4, 0.5) is 5.69 Å². The topological polar surface area (TPSA) is 112 Å². The second-order valence-corrected chi connectivity index (χ2v) is 10.4. The number of pyridine rings is 1. The van der Waals surface area contributed by atoms with E-state index in [4.69, 9.17) is 15.2 Å². The number of nitrogen functional groups attached to an aromatic ring is 1. The third kappa shape index (κ3) is 5.16. The molecular weight excluding hydrogens is 466 g/mol. The molecule has 1 aromatic heterocycles. The van der Waals surface area contributed by atoms with Crippen LogP contribution in [0.25, 0.3) is 0 Å². The van der Waals surface area contributed by atoms with Crippen LogP contribution in [0.15, 0.2) is 64.6 Å². The van der Waals surface area contributed by atoms with Crippen molar-refractivity contribution in [2.75, 3.05) is 33.0 Å². The summed E-state index contributed by atoms with van der Waals surface area (Å²) >= 11 is 0. The number of benzene rings is 2. The first-order chi connectivity index (χ1) is 16.8. The van der Waals surface area contributed by atoms with Crippen molar-refractivity contribution in [3.05, 3.63) is 77.1 Å². The number of nitrogens with zero attached hydrogens (tertiary/aromatic N) is 2. The van der Waals surface area contributed by atoms with Gasteiger partial charge in [-0.25, -0.2) is 13.2 Å². The molecule has 1 fully saturated rings. The molecule has 0 radical (unpaired) electrons. The number of likely N-dealkylation sites (tertiary alicyclic amines) is 1. The largest absolute Gasteiger partial charge is 0.497 e. The number of aromatic nitrogens is 1. The van der Waals surface area contributed by atoms with E-state index in [1.165, 1.54) is 32.4 Å². The summed E-state index contributed by atoms with van der Waals surface area (Å²) in [6.45, 7) is 1.99. The Kier molecular flexibility index (Phi) is 7.37. The monoisotopic (exact) mass is 495 g/mol. The van der Waals surface area contributed by atoms with Gasteiger partial charge >= 0.3 is 5.97 Å². The maximum atomic E-state index is 14.0. The van der Waals surface area contributed by atoms with Gasteiger partial charge in [0.15, 0.2) is 0 Å². The van der Waals surface area contributed by atoms with Gasteiger partial charge in [-0.2, -0.15) is 0 Å². The normalized spacial score (nSPS) is 14.1. The standard InChI is InChI=1S/C26H29N3O5S/c1-33-20-7-9-21(10-8-20)35(31,32)25-22(26(30)34-2)15-19(14-18-6-5-11-28-16-18)24(27)23(25)17-29-12-3-4-13-29/h5-11,15-16H,3-4,12-14,17,27H2,1-2H3. The first-order valence-corrected chi connectivity index (χ1v) is 12.9. The summed E-state index contributed by atoms with van der Waals surface area (Å²) in [5.41, 5.74) is 8.97. The Labute approximate surface area is 205 Å². The van der Waals surface area contributed by atoms with Crippen molar-refractivity contribution in [1.29, 1.82) is 0 Å². The molecule has 2 aromatic carbocycles. The zero-order valence-electron chi connectivity index (χ0n) is 19.9. The Hall–Kier alpha value is -3.43. The van der Waals surface area contributed by atoms with Crippen molar-refractivity contribution in [2.45, 2.75) is 35.6 Å². The molecule has 0 saturated carbocycles. The number of nitrogens with two attached hydrogens (primary N) is 1. The predicted molar refractivity (Wildman–Crippen MR) is 132 cm³/mol. The fraction of sp³-hybridized carbons (Fsp3) is 0.308. The molecule has 9 heteroatoms. The van der Waals surface area contributed by atoms with Crippen LogP contribution in [-0.4, -0.2) is 51.6 Å². The summed E-state index contributed by atoms with van der Waals surface area (Å²) in [6, 6.07) is 11.4. The van der Waals surface area contributed by atoms with E-state index in [9.17, 15) is 13.2 Å². The summed E-state index contributed by atoms with van der Waals surface area (Å²) in [4.78, 5) is 19.2. The molecule has 0 atom stereocenters. The van der Waals surface area contributed by atoms with E-state index in [-0.39, 0.29) is 15.4 Å². The molecule has 0 bridgehead atoms. The van der Waals surface area contributed by atoms with Crippen LogP contribution < -0.4 is 10.5 Å². The van der Waals surface area contributed by atoms with Crippen LogP contribution in [0.5, 0.6) is 5.75 Å². The van der Waals surface area contributed by atoms with E-state index < -0.39 is 15.8 Å². The van der Waals surface area contributed by atoms with Crippen LogP contribution >= 0.6 is 0 Å². The van der Waals surface area contributed by atoms with Crippen molar-refractivity contribution in [2.24, 2.45) is 0 Å². The molecule has 1 aliphatic heterocycles. The van der Waals surface area contributed by atoms with Gasteiger partial charge in [-0.05, 0) is 73.5 Å². The lowest BCUT2D eigenvalue weighted by atomic mass is 9.97. The number of methoxy groups -OCH3 is 2. The van der Waals surface area contributed by atoms with Crippen molar-refractivity contribution in [3.8, 4) is 5.75 Å². The van der Waals surface area contributed by atoms with E-state index in [0.717, 1.165) is 31.5 Å². The fourth-order valence-corrected chi connectivity index (χ4v) is 6.09. The molecule has 0 spiro atoms. The highest BCUT2D eigenvalue weighted by atomic mass is 32.2. The van der Waals surface area contributed by atoms with Gasteiger partial charge < -0.3 is 15.2 Å². The lowest BCUT2D eigenvalue weighted by molar-refractivity contribution is 0.0596. The van der Waals surface area contributed by atoms with Gasteiger partial charge in [0.25, 0.3) is 0 Å². The zero-order chi connectivity index (χ0) is 25.0. The minimum absolute atomic E-state index is 0.0226. The van der Waals surface area contributed by atoms with E-state index in [1.54, 1.807) is 24.5 Å². The Morgan fingerprint density at radius 3 is 2.43 bits per heavy atom. The highest BCUT2D eigenvalue weighted by Crippen LogP contribution is 2.36. The third-order valence-corrected chi connectivity index (χ3v) is 8.15. The van der Waals surface area contributed by atoms with Crippen LogP contribution in [0.1, 0.15) is 39.9 Å². The fourth-order valence-electron chi connectivity index (χ4n) is 4.43. The lowest BCUT2D eigenvalue weighted by Crippen LogP contribution is -2.24. The summed E-state index contributed by atoms with van der Waals surface area (Å²) in [7, 11) is -1.36. The summed E-state index contributed by atoms with van der Waals surface area (Å²) in [6.07, 6.45) is 5.86. The van der Waals surface area contributed by atoms with Crippen LogP contribution in [-0.2, 0) is 27.5 Å². The van der Waals surface area contributed by atoms with Gasteiger partial charge in [0.2, 0.25) is 9.84 Å². The quantitative estimate of drug-likeness (QED) is 0.373. The van der Waals surface area contributed by atoms with Gasteiger partial charge in [-0.1, -0.05) is 6.07 Å². The highest BCUT2D eigenvalue weighted by Gasteiger charge is 2.32. The SMILES string of the molecule is COC(=O)c1cc(Cc2cccnc2)c(N)c(CN2CCCC2)c1S(=O)(=O)c1ccc(OC)cc1. The molecule has 35 heavy (non-hydrogen) atoms. The first-order valence-electron chi connectivity index (χ1n) is 11.4. The molecule has 4 rings (SSSR count). The Bertz CT molecular complexity index is 1300. The minimum Gasteiger partial charge on any atom is -0.497 e. The Morgan fingerprint density at radius 2 is 1.83 bits per heavy atom. The number of carbonyl (C=O) groups excluding carboxylic acids is 1. The van der Waals surface area contributed by atoms with Crippen molar-refractivity contribution >= 4 is 21.5 Å². The number of esters is 1. The van der Waals surface area contributed by atoms with Gasteiger partial charge in [-0.3, -0.25) is 9.88 Å². The molecule has 8 nitrogen and oxygen atoms in total. The molecule has 0 unspecified atom stereocenters. The zero-order valence-corrected chi connectivity index (χ0v) is 20.7. The van der Waals surface area contributed by atoms with E-state index in [2.05, 4.69) is 9.88 Å². The van der Waals surface area contributed by atoms with E-state index in [1.807, 2.05) is 12.1 Å². The number of hydrogen-bond acceptors (Lipinski definition) is 8. The van der Waals surface area contributed by atoms with Gasteiger partial charge in [-0.15, -0.1) is 0 Å². The molecule has 1 aliphatic rings. The van der Waals surface area contributed by atoms with Crippen LogP contribution in [0, 0.1) is 0 Å². The first kappa shape index (κ1) is 24.7. The molecule has 0 aliphatic carbocycles. The van der Waals surface area contributed by atoms with E-state index >= 15 is 0 Å². The summed E-state index contributed by atoms with van der Waals surface area (Å²) in [5.74, 6) is -0.201. The third-order valence-electron chi connectivity index (χ3n) is 6.25. The second-order valence-electron chi connectivity index (χ2n) is 8.50. The van der Waals surface area contributed by atoms with Gasteiger partial charge in [0.05, 0.1) is 29.6 Å². The molecule has 184 valence electrons. The summed E-state index contributed by atoms with van der Waals surface area (Å²) in [5, 5.41) is 0. The van der Waals surface area contributed by atoms with Gasteiger partial charge in [0, 0.05) is 36.6 Å². The maximum absolute atomic E-state index is 14.0. The average Bonchev–Trinajstić information content (AvgIpc) is 3.39. The maximum Gasteiger partial charge on any atom is 0.339 e. The Morgan fingerprint density at radius 1 is 1.11 bits per heavy atom.